The predicted octanol–water partition coefficient (Wildman–Crippen LogP) is 3.17. The highest BCUT2D eigenvalue weighted by Crippen LogP contribution is 2.15. The van der Waals surface area contributed by atoms with Crippen molar-refractivity contribution in [2.75, 3.05) is 32.6 Å². The molecule has 0 heterocycles. The first-order valence-corrected chi connectivity index (χ1v) is 8.44. The Hall–Kier alpha value is -2.53. The maximum Gasteiger partial charge on any atom is 0.193 e. The molecule has 0 atom stereocenters. The molecule has 0 aliphatic rings. The lowest BCUT2D eigenvalue weighted by Crippen LogP contribution is -2.22. The maximum absolute atomic E-state index is 6.01. The molecule has 0 unspecified atom stereocenters. The van der Waals surface area contributed by atoms with E-state index in [0.717, 1.165) is 23.5 Å². The molecule has 134 valence electrons. The van der Waals surface area contributed by atoms with Crippen molar-refractivity contribution in [3.8, 4) is 5.75 Å². The quantitative estimate of drug-likeness (QED) is 0.600. The van der Waals surface area contributed by atoms with Crippen LogP contribution in [0.25, 0.3) is 0 Å². The number of ether oxygens (including phenoxy) is 1. The van der Waals surface area contributed by atoms with Crippen LogP contribution in [0.15, 0.2) is 47.5 Å². The minimum atomic E-state index is 0.406. The number of hydrogen-bond donors (Lipinski definition) is 2. The van der Waals surface area contributed by atoms with Crippen molar-refractivity contribution in [2.45, 2.75) is 20.4 Å². The molecule has 0 fully saturated rings. The van der Waals surface area contributed by atoms with Crippen LogP contribution in [-0.2, 0) is 6.54 Å². The molecule has 3 N–H and O–H groups in total. The highest BCUT2D eigenvalue weighted by atomic mass is 16.5. The van der Waals surface area contributed by atoms with Crippen LogP contribution in [0, 0.1) is 13.8 Å². The van der Waals surface area contributed by atoms with Crippen LogP contribution >= 0.6 is 0 Å². The molecule has 0 aromatic heterocycles. The van der Waals surface area contributed by atoms with Gasteiger partial charge in [0.05, 0.1) is 6.54 Å². The number of nitrogens with two attached hydrogens (primary N) is 1. The Balaban J connectivity index is 1.93. The van der Waals surface area contributed by atoms with E-state index in [4.69, 9.17) is 10.5 Å². The summed E-state index contributed by atoms with van der Waals surface area (Å²) >= 11 is 0. The zero-order chi connectivity index (χ0) is 18.2. The van der Waals surface area contributed by atoms with Gasteiger partial charge in [-0.3, -0.25) is 0 Å². The third-order valence-corrected chi connectivity index (χ3v) is 3.63. The third-order valence-electron chi connectivity index (χ3n) is 3.63. The largest absolute Gasteiger partial charge is 0.492 e. The van der Waals surface area contributed by atoms with Gasteiger partial charge in [0, 0.05) is 12.2 Å². The summed E-state index contributed by atoms with van der Waals surface area (Å²) in [5, 5.41) is 3.15. The summed E-state index contributed by atoms with van der Waals surface area (Å²) in [6.45, 7) is 6.18. The number of hydrogen-bond acceptors (Lipinski definition) is 3. The summed E-state index contributed by atoms with van der Waals surface area (Å²) < 4.78 is 5.75. The fourth-order valence-corrected chi connectivity index (χ4v) is 2.49. The number of anilines is 1. The molecule has 25 heavy (non-hydrogen) atoms. The molecule has 0 saturated heterocycles. The van der Waals surface area contributed by atoms with Crippen molar-refractivity contribution >= 4 is 11.6 Å². The molecule has 0 amide bonds. The van der Waals surface area contributed by atoms with Gasteiger partial charge in [-0.2, -0.15) is 0 Å². The number of nitrogens with zero attached hydrogens (tertiary/aromatic N) is 2. The summed E-state index contributed by atoms with van der Waals surface area (Å²) in [4.78, 5) is 6.51. The molecule has 0 radical (unpaired) electrons. The van der Waals surface area contributed by atoms with E-state index in [1.807, 2.05) is 38.4 Å². The Bertz CT molecular complexity index is 705. The molecule has 0 bridgehead atoms. The molecule has 0 saturated carbocycles. The van der Waals surface area contributed by atoms with E-state index in [2.05, 4.69) is 47.3 Å². The zero-order valence-corrected chi connectivity index (χ0v) is 15.5. The van der Waals surface area contributed by atoms with E-state index in [0.29, 0.717) is 19.1 Å². The van der Waals surface area contributed by atoms with Gasteiger partial charge >= 0.3 is 0 Å². The predicted molar refractivity (Wildman–Crippen MR) is 105 cm³/mol. The smallest absolute Gasteiger partial charge is 0.193 e. The van der Waals surface area contributed by atoms with Gasteiger partial charge < -0.3 is 20.7 Å². The van der Waals surface area contributed by atoms with Crippen LogP contribution in [0.4, 0.5) is 5.69 Å². The lowest BCUT2D eigenvalue weighted by atomic mass is 10.1. The lowest BCUT2D eigenvalue weighted by molar-refractivity contribution is 0.261. The number of aryl methyl sites for hydroxylation is 2. The number of rotatable bonds is 7. The molecular formula is C20H28N4O. The van der Waals surface area contributed by atoms with Gasteiger partial charge in [0.1, 0.15) is 12.4 Å². The first kappa shape index (κ1) is 18.8. The molecule has 2 aromatic carbocycles. The van der Waals surface area contributed by atoms with Crippen molar-refractivity contribution in [1.82, 2.24) is 4.90 Å². The molecule has 0 spiro atoms. The summed E-state index contributed by atoms with van der Waals surface area (Å²) in [6.07, 6.45) is 0. The summed E-state index contributed by atoms with van der Waals surface area (Å²) in [5.41, 5.74) is 10.4. The normalized spacial score (nSPS) is 11.6. The minimum Gasteiger partial charge on any atom is -0.492 e. The van der Waals surface area contributed by atoms with Crippen molar-refractivity contribution in [3.63, 3.8) is 0 Å². The highest BCUT2D eigenvalue weighted by molar-refractivity contribution is 5.92. The third kappa shape index (κ3) is 6.85. The standard InChI is InChI=1S/C20H28N4O/c1-15-10-16(2)12-18(11-15)23-20(21)22-14-17-6-5-7-19(13-17)25-9-8-24(3)4/h5-7,10-13H,8-9,14H2,1-4H3,(H3,21,22,23). The van der Waals surface area contributed by atoms with Gasteiger partial charge in [0.2, 0.25) is 0 Å². The SMILES string of the molecule is Cc1cc(C)cc(NC(N)=NCc2cccc(OCCN(C)C)c2)c1. The molecule has 2 rings (SSSR count). The van der Waals surface area contributed by atoms with Crippen LogP contribution in [-0.4, -0.2) is 38.1 Å². The topological polar surface area (TPSA) is 62.9 Å². The molecule has 0 aliphatic heterocycles. The van der Waals surface area contributed by atoms with Crippen LogP contribution in [0.2, 0.25) is 0 Å². The summed E-state index contributed by atoms with van der Waals surface area (Å²) in [7, 11) is 4.06. The van der Waals surface area contributed by atoms with Gasteiger partial charge in [0.15, 0.2) is 5.96 Å². The first-order chi connectivity index (χ1) is 11.9. The van der Waals surface area contributed by atoms with E-state index < -0.39 is 0 Å². The van der Waals surface area contributed by atoms with Crippen LogP contribution in [0.5, 0.6) is 5.75 Å². The second-order valence-electron chi connectivity index (χ2n) is 6.50. The Labute approximate surface area is 150 Å². The van der Waals surface area contributed by atoms with Crippen LogP contribution in [0.1, 0.15) is 16.7 Å². The fourth-order valence-electron chi connectivity index (χ4n) is 2.49. The van der Waals surface area contributed by atoms with Crippen molar-refractivity contribution in [3.05, 3.63) is 59.2 Å². The van der Waals surface area contributed by atoms with Crippen molar-refractivity contribution < 1.29 is 4.74 Å². The minimum absolute atomic E-state index is 0.406. The van der Waals surface area contributed by atoms with E-state index in [-0.39, 0.29) is 0 Å². The van der Waals surface area contributed by atoms with E-state index in [1.165, 1.54) is 11.1 Å². The Kier molecular flexibility index (Phi) is 6.83. The molecule has 2 aromatic rings. The van der Waals surface area contributed by atoms with Gasteiger partial charge in [0.25, 0.3) is 0 Å². The lowest BCUT2D eigenvalue weighted by Gasteiger charge is -2.11. The van der Waals surface area contributed by atoms with Crippen LogP contribution < -0.4 is 15.8 Å². The van der Waals surface area contributed by atoms with E-state index in [1.54, 1.807) is 0 Å². The molecule has 0 aliphatic carbocycles. The number of likely N-dealkylation sites (N-methyl/N-ethyl adjacent to an activating group) is 1. The monoisotopic (exact) mass is 340 g/mol. The van der Waals surface area contributed by atoms with Gasteiger partial charge in [-0.1, -0.05) is 18.2 Å². The second kappa shape index (κ2) is 9.08. The van der Waals surface area contributed by atoms with Gasteiger partial charge in [-0.15, -0.1) is 0 Å². The molecule has 5 nitrogen and oxygen atoms in total. The first-order valence-electron chi connectivity index (χ1n) is 8.44. The Morgan fingerprint density at radius 2 is 1.84 bits per heavy atom. The van der Waals surface area contributed by atoms with E-state index >= 15 is 0 Å². The van der Waals surface area contributed by atoms with Crippen molar-refractivity contribution in [2.24, 2.45) is 10.7 Å². The van der Waals surface area contributed by atoms with Crippen LogP contribution in [0.3, 0.4) is 0 Å². The molecular weight excluding hydrogens is 312 g/mol. The summed E-state index contributed by atoms with van der Waals surface area (Å²) in [5.74, 6) is 1.26. The Morgan fingerprint density at radius 1 is 1.12 bits per heavy atom. The second-order valence-corrected chi connectivity index (χ2v) is 6.50. The Morgan fingerprint density at radius 3 is 2.52 bits per heavy atom. The fraction of sp³-hybridized carbons (Fsp3) is 0.350. The number of aliphatic imine (C=N–C) groups is 1. The average Bonchev–Trinajstić information content (AvgIpc) is 2.52. The average molecular weight is 340 g/mol. The maximum atomic E-state index is 6.01. The highest BCUT2D eigenvalue weighted by Gasteiger charge is 2.00. The van der Waals surface area contributed by atoms with Gasteiger partial charge in [-0.25, -0.2) is 4.99 Å². The number of benzene rings is 2. The zero-order valence-electron chi connectivity index (χ0n) is 15.5. The summed E-state index contributed by atoms with van der Waals surface area (Å²) in [6, 6.07) is 14.2. The van der Waals surface area contributed by atoms with Gasteiger partial charge in [-0.05, 0) is 68.9 Å². The van der Waals surface area contributed by atoms with E-state index in [9.17, 15) is 0 Å². The van der Waals surface area contributed by atoms with Crippen molar-refractivity contribution in [1.29, 1.82) is 0 Å². The number of nitrogens with one attached hydrogen (secondary N) is 1. The number of guanidine groups is 1. The molecule has 5 heteroatoms.